The lowest BCUT2D eigenvalue weighted by Crippen LogP contribution is -2.40. The summed E-state index contributed by atoms with van der Waals surface area (Å²) in [4.78, 5) is 34.3. The molecule has 0 aliphatic heterocycles. The Kier molecular flexibility index (Phi) is 4.71. The summed E-state index contributed by atoms with van der Waals surface area (Å²) in [5.41, 5.74) is 10.0. The van der Waals surface area contributed by atoms with Crippen LogP contribution in [0.15, 0.2) is 18.2 Å². The van der Waals surface area contributed by atoms with Gasteiger partial charge in [0.05, 0.1) is 29.4 Å². The van der Waals surface area contributed by atoms with Gasteiger partial charge in [0.2, 0.25) is 11.8 Å². The van der Waals surface area contributed by atoms with E-state index in [0.29, 0.717) is 0 Å². The summed E-state index contributed by atoms with van der Waals surface area (Å²) in [6, 6.07) is 4.19. The van der Waals surface area contributed by atoms with Gasteiger partial charge in [-0.05, 0) is 12.1 Å². The lowest BCUT2D eigenvalue weighted by molar-refractivity contribution is -0.117. The van der Waals surface area contributed by atoms with Gasteiger partial charge in [0, 0.05) is 0 Å². The molecule has 0 fully saturated rings. The number of aromatic carboxylic acids is 1. The largest absolute Gasteiger partial charge is 0.478 e. The highest BCUT2D eigenvalue weighted by Crippen LogP contribution is 2.29. The van der Waals surface area contributed by atoms with Crippen LogP contribution >= 0.6 is 11.6 Å². The second-order valence-corrected chi connectivity index (χ2v) is 4.14. The molecule has 0 radical (unpaired) electrons. The lowest BCUT2D eigenvalue weighted by atomic mass is 10.1. The van der Waals surface area contributed by atoms with Crippen LogP contribution < -0.4 is 16.4 Å². The summed E-state index contributed by atoms with van der Waals surface area (Å²) < 4.78 is 0. The molecule has 1 aromatic rings. The minimum atomic E-state index is -1.24. The Labute approximate surface area is 113 Å². The average Bonchev–Trinajstić information content (AvgIpc) is 2.26. The zero-order valence-electron chi connectivity index (χ0n) is 9.80. The van der Waals surface area contributed by atoms with Gasteiger partial charge in [-0.25, -0.2) is 4.79 Å². The number of carbonyl (C=O) groups is 3. The zero-order chi connectivity index (χ0) is 14.6. The first-order valence-corrected chi connectivity index (χ1v) is 5.54. The number of hydrogen-bond donors (Lipinski definition) is 3. The summed E-state index contributed by atoms with van der Waals surface area (Å²) >= 11 is 5.93. The van der Waals surface area contributed by atoms with Crippen LogP contribution in [0.2, 0.25) is 5.02 Å². The predicted molar refractivity (Wildman–Crippen MR) is 69.0 cm³/mol. The van der Waals surface area contributed by atoms with Gasteiger partial charge in [-0.3, -0.25) is 9.59 Å². The van der Waals surface area contributed by atoms with Crippen molar-refractivity contribution >= 4 is 35.1 Å². The van der Waals surface area contributed by atoms with Crippen molar-refractivity contribution in [2.45, 2.75) is 0 Å². The smallest absolute Gasteiger partial charge is 0.337 e. The van der Waals surface area contributed by atoms with Crippen LogP contribution in [0.1, 0.15) is 10.4 Å². The van der Waals surface area contributed by atoms with Gasteiger partial charge in [0.15, 0.2) is 0 Å². The van der Waals surface area contributed by atoms with Gasteiger partial charge in [-0.1, -0.05) is 17.7 Å². The van der Waals surface area contributed by atoms with E-state index in [9.17, 15) is 14.4 Å². The Morgan fingerprint density at radius 3 is 2.11 bits per heavy atom. The summed E-state index contributed by atoms with van der Waals surface area (Å²) in [6.45, 7) is -0.736. The number of nitrogens with zero attached hydrogens (tertiary/aromatic N) is 1. The third kappa shape index (κ3) is 3.85. The number of nitrogens with two attached hydrogens (primary N) is 2. The Morgan fingerprint density at radius 2 is 1.68 bits per heavy atom. The molecule has 1 rings (SSSR count). The molecule has 0 spiro atoms. The molecule has 0 saturated carbocycles. The number of amides is 2. The Bertz CT molecular complexity index is 517. The van der Waals surface area contributed by atoms with Crippen LogP contribution in [0.25, 0.3) is 0 Å². The molecule has 0 aromatic heterocycles. The molecule has 0 aliphatic rings. The third-order valence-corrected chi connectivity index (χ3v) is 2.53. The van der Waals surface area contributed by atoms with Crippen LogP contribution in [0, 0.1) is 0 Å². The standard InChI is InChI=1S/C11H12ClN3O4/c12-7-3-1-2-6(11(18)19)10(7)15(4-8(13)16)5-9(14)17/h1-3H,4-5H2,(H2,13,16)(H2,14,17)(H,18,19). The highest BCUT2D eigenvalue weighted by molar-refractivity contribution is 6.34. The van der Waals surface area contributed by atoms with Crippen LogP contribution in [0.4, 0.5) is 5.69 Å². The van der Waals surface area contributed by atoms with E-state index in [-0.39, 0.29) is 29.4 Å². The first kappa shape index (κ1) is 14.8. The summed E-state index contributed by atoms with van der Waals surface area (Å²) in [7, 11) is 0. The summed E-state index contributed by atoms with van der Waals surface area (Å²) in [6.07, 6.45) is 0. The second-order valence-electron chi connectivity index (χ2n) is 3.73. The van der Waals surface area contributed by atoms with E-state index >= 15 is 0 Å². The maximum absolute atomic E-state index is 11.1. The highest BCUT2D eigenvalue weighted by Gasteiger charge is 2.21. The maximum Gasteiger partial charge on any atom is 0.337 e. The maximum atomic E-state index is 11.1. The molecular weight excluding hydrogens is 274 g/mol. The van der Waals surface area contributed by atoms with Gasteiger partial charge < -0.3 is 21.5 Å². The molecule has 0 atom stereocenters. The van der Waals surface area contributed by atoms with Crippen LogP contribution in [0.3, 0.4) is 0 Å². The SMILES string of the molecule is NC(=O)CN(CC(N)=O)c1c(Cl)cccc1C(=O)O. The van der Waals surface area contributed by atoms with Crippen molar-refractivity contribution in [3.05, 3.63) is 28.8 Å². The van der Waals surface area contributed by atoms with Crippen LogP contribution in [0.5, 0.6) is 0 Å². The Hall–Kier alpha value is -2.28. The number of anilines is 1. The number of para-hydroxylation sites is 1. The summed E-state index contributed by atoms with van der Waals surface area (Å²) in [5, 5.41) is 9.18. The number of hydrogen-bond acceptors (Lipinski definition) is 4. The number of carboxylic acid groups (broad SMARTS) is 1. The van der Waals surface area contributed by atoms with Gasteiger partial charge in [0.1, 0.15) is 0 Å². The molecule has 2 amide bonds. The van der Waals surface area contributed by atoms with Crippen LogP contribution in [-0.4, -0.2) is 36.0 Å². The number of benzene rings is 1. The molecule has 0 unspecified atom stereocenters. The zero-order valence-corrected chi connectivity index (χ0v) is 10.6. The van der Waals surface area contributed by atoms with Gasteiger partial charge in [0.25, 0.3) is 0 Å². The van der Waals surface area contributed by atoms with Crippen molar-refractivity contribution in [3.63, 3.8) is 0 Å². The normalized spacial score (nSPS) is 9.95. The molecule has 0 heterocycles. The van der Waals surface area contributed by atoms with E-state index in [1.807, 2.05) is 0 Å². The molecule has 0 bridgehead atoms. The van der Waals surface area contributed by atoms with E-state index < -0.39 is 17.8 Å². The molecule has 5 N–H and O–H groups in total. The first-order valence-electron chi connectivity index (χ1n) is 5.16. The van der Waals surface area contributed by atoms with E-state index in [1.54, 1.807) is 0 Å². The van der Waals surface area contributed by atoms with Crippen molar-refractivity contribution in [1.29, 1.82) is 0 Å². The number of carboxylic acids is 1. The van der Waals surface area contributed by atoms with E-state index in [1.165, 1.54) is 18.2 Å². The molecular formula is C11H12ClN3O4. The Morgan fingerprint density at radius 1 is 1.16 bits per heavy atom. The summed E-state index contributed by atoms with van der Waals surface area (Å²) in [5.74, 6) is -2.72. The van der Waals surface area contributed by atoms with Crippen molar-refractivity contribution in [1.82, 2.24) is 0 Å². The molecule has 19 heavy (non-hydrogen) atoms. The topological polar surface area (TPSA) is 127 Å². The van der Waals surface area contributed by atoms with E-state index in [2.05, 4.69) is 0 Å². The quantitative estimate of drug-likeness (QED) is 0.668. The van der Waals surface area contributed by atoms with Crippen molar-refractivity contribution < 1.29 is 19.5 Å². The number of rotatable bonds is 6. The van der Waals surface area contributed by atoms with Gasteiger partial charge >= 0.3 is 5.97 Å². The molecule has 1 aromatic carbocycles. The fourth-order valence-electron chi connectivity index (χ4n) is 1.60. The predicted octanol–water partition coefficient (Wildman–Crippen LogP) is -0.185. The highest BCUT2D eigenvalue weighted by atomic mass is 35.5. The fourth-order valence-corrected chi connectivity index (χ4v) is 1.89. The fraction of sp³-hybridized carbons (Fsp3) is 0.182. The second kappa shape index (κ2) is 6.05. The van der Waals surface area contributed by atoms with Gasteiger partial charge in [-0.2, -0.15) is 0 Å². The van der Waals surface area contributed by atoms with Crippen molar-refractivity contribution in [2.24, 2.45) is 11.5 Å². The monoisotopic (exact) mass is 285 g/mol. The third-order valence-electron chi connectivity index (χ3n) is 2.23. The molecule has 102 valence electrons. The number of primary amides is 2. The molecule has 0 saturated heterocycles. The van der Waals surface area contributed by atoms with Gasteiger partial charge in [-0.15, -0.1) is 0 Å². The lowest BCUT2D eigenvalue weighted by Gasteiger charge is -2.24. The molecule has 0 aliphatic carbocycles. The Balaban J connectivity index is 3.31. The number of halogens is 1. The average molecular weight is 286 g/mol. The van der Waals surface area contributed by atoms with Crippen molar-refractivity contribution in [3.8, 4) is 0 Å². The van der Waals surface area contributed by atoms with E-state index in [4.69, 9.17) is 28.2 Å². The van der Waals surface area contributed by atoms with Crippen molar-refractivity contribution in [2.75, 3.05) is 18.0 Å². The van der Waals surface area contributed by atoms with E-state index in [0.717, 1.165) is 4.90 Å². The van der Waals surface area contributed by atoms with Crippen LogP contribution in [-0.2, 0) is 9.59 Å². The first-order chi connectivity index (χ1) is 8.82. The molecule has 7 nitrogen and oxygen atoms in total. The minimum absolute atomic E-state index is 0.0364. The minimum Gasteiger partial charge on any atom is -0.478 e. The molecule has 8 heteroatoms. The number of carbonyl (C=O) groups excluding carboxylic acids is 2.